The standard InChI is InChI=1S/C11H14N4O3S2/c1-8-7-12-15-11(8)14-9(16)4-5-13-20(17,18)10-3-2-6-19-10/h2-3,6-7,13H,4-5H2,1H3,(H2,12,14,15,16). The number of rotatable bonds is 6. The molecule has 0 aliphatic rings. The Bertz CT molecular complexity index is 676. The molecule has 0 atom stereocenters. The van der Waals surface area contributed by atoms with Crippen molar-refractivity contribution in [2.75, 3.05) is 11.9 Å². The van der Waals surface area contributed by atoms with E-state index in [4.69, 9.17) is 0 Å². The Morgan fingerprint density at radius 3 is 2.90 bits per heavy atom. The number of H-pyrrole nitrogens is 1. The largest absolute Gasteiger partial charge is 0.311 e. The fraction of sp³-hybridized carbons (Fsp3) is 0.273. The molecule has 2 heterocycles. The first-order valence-electron chi connectivity index (χ1n) is 5.82. The van der Waals surface area contributed by atoms with Crippen LogP contribution in [0.5, 0.6) is 0 Å². The highest BCUT2D eigenvalue weighted by Gasteiger charge is 2.15. The van der Waals surface area contributed by atoms with Crippen LogP contribution in [-0.2, 0) is 14.8 Å². The second-order valence-corrected chi connectivity index (χ2v) is 7.00. The number of thiophene rings is 1. The molecule has 2 rings (SSSR count). The second-order valence-electron chi connectivity index (χ2n) is 4.06. The van der Waals surface area contributed by atoms with Gasteiger partial charge in [0, 0.05) is 18.5 Å². The van der Waals surface area contributed by atoms with Gasteiger partial charge < -0.3 is 5.32 Å². The Morgan fingerprint density at radius 2 is 2.30 bits per heavy atom. The Labute approximate surface area is 120 Å². The summed E-state index contributed by atoms with van der Waals surface area (Å²) in [7, 11) is -3.51. The Hall–Kier alpha value is -1.71. The first kappa shape index (κ1) is 14.7. The smallest absolute Gasteiger partial charge is 0.250 e. The van der Waals surface area contributed by atoms with Gasteiger partial charge in [-0.1, -0.05) is 6.07 Å². The van der Waals surface area contributed by atoms with Crippen LogP contribution in [0.2, 0.25) is 0 Å². The Kier molecular flexibility index (Phi) is 4.53. The molecule has 20 heavy (non-hydrogen) atoms. The first-order valence-corrected chi connectivity index (χ1v) is 8.18. The van der Waals surface area contributed by atoms with Crippen molar-refractivity contribution < 1.29 is 13.2 Å². The maximum Gasteiger partial charge on any atom is 0.250 e. The molecule has 7 nitrogen and oxygen atoms in total. The molecule has 2 aromatic rings. The van der Waals surface area contributed by atoms with Crippen molar-refractivity contribution in [2.24, 2.45) is 0 Å². The van der Waals surface area contributed by atoms with Crippen LogP contribution in [0, 0.1) is 6.92 Å². The highest BCUT2D eigenvalue weighted by atomic mass is 32.2. The van der Waals surface area contributed by atoms with Gasteiger partial charge in [0.05, 0.1) is 6.20 Å². The van der Waals surface area contributed by atoms with E-state index in [9.17, 15) is 13.2 Å². The fourth-order valence-electron chi connectivity index (χ4n) is 1.46. The predicted octanol–water partition coefficient (Wildman–Crippen LogP) is 1.09. The molecule has 0 fully saturated rings. The summed E-state index contributed by atoms with van der Waals surface area (Å²) in [6, 6.07) is 3.17. The van der Waals surface area contributed by atoms with Crippen LogP contribution >= 0.6 is 11.3 Å². The molecule has 0 saturated heterocycles. The zero-order valence-electron chi connectivity index (χ0n) is 10.7. The van der Waals surface area contributed by atoms with Crippen LogP contribution in [0.3, 0.4) is 0 Å². The van der Waals surface area contributed by atoms with Gasteiger partial charge >= 0.3 is 0 Å². The third kappa shape index (κ3) is 3.65. The summed E-state index contributed by atoms with van der Waals surface area (Å²) in [6.07, 6.45) is 1.64. The van der Waals surface area contributed by atoms with Crippen LogP contribution < -0.4 is 10.0 Å². The summed E-state index contributed by atoms with van der Waals surface area (Å²) in [6.45, 7) is 1.85. The van der Waals surface area contributed by atoms with E-state index in [-0.39, 0.29) is 23.1 Å². The number of nitrogens with zero attached hydrogens (tertiary/aromatic N) is 1. The minimum atomic E-state index is -3.51. The fourth-order valence-corrected chi connectivity index (χ4v) is 3.53. The number of nitrogens with one attached hydrogen (secondary N) is 3. The summed E-state index contributed by atoms with van der Waals surface area (Å²) in [5.41, 5.74) is 0.817. The normalized spacial score (nSPS) is 11.4. The lowest BCUT2D eigenvalue weighted by Gasteiger charge is -2.05. The number of sulfonamides is 1. The molecule has 0 aliphatic carbocycles. The molecule has 0 unspecified atom stereocenters. The van der Waals surface area contributed by atoms with Gasteiger partial charge in [0.1, 0.15) is 10.0 Å². The molecule has 9 heteroatoms. The molecule has 0 bridgehead atoms. The summed E-state index contributed by atoms with van der Waals surface area (Å²) < 4.78 is 26.2. The van der Waals surface area contributed by atoms with Crippen molar-refractivity contribution in [1.82, 2.24) is 14.9 Å². The molecule has 1 amide bonds. The first-order chi connectivity index (χ1) is 9.49. The maximum absolute atomic E-state index is 11.8. The second kappa shape index (κ2) is 6.16. The van der Waals surface area contributed by atoms with Gasteiger partial charge in [-0.15, -0.1) is 11.3 Å². The minimum Gasteiger partial charge on any atom is -0.311 e. The lowest BCUT2D eigenvalue weighted by Crippen LogP contribution is -2.27. The number of anilines is 1. The predicted molar refractivity (Wildman–Crippen MR) is 76.1 cm³/mol. The topological polar surface area (TPSA) is 104 Å². The highest BCUT2D eigenvalue weighted by molar-refractivity contribution is 7.91. The van der Waals surface area contributed by atoms with E-state index < -0.39 is 10.0 Å². The van der Waals surface area contributed by atoms with Crippen LogP contribution in [0.15, 0.2) is 27.9 Å². The summed E-state index contributed by atoms with van der Waals surface area (Å²) in [4.78, 5) is 11.6. The average Bonchev–Trinajstić information content (AvgIpc) is 3.02. The van der Waals surface area contributed by atoms with E-state index >= 15 is 0 Å². The average molecular weight is 314 g/mol. The van der Waals surface area contributed by atoms with Crippen molar-refractivity contribution >= 4 is 33.1 Å². The molecule has 0 aliphatic heterocycles. The highest BCUT2D eigenvalue weighted by Crippen LogP contribution is 2.15. The van der Waals surface area contributed by atoms with E-state index in [1.54, 1.807) is 24.6 Å². The van der Waals surface area contributed by atoms with E-state index in [1.165, 1.54) is 6.07 Å². The van der Waals surface area contributed by atoms with E-state index in [2.05, 4.69) is 20.2 Å². The quantitative estimate of drug-likeness (QED) is 0.742. The van der Waals surface area contributed by atoms with Gasteiger partial charge in [0.15, 0.2) is 0 Å². The zero-order chi connectivity index (χ0) is 14.6. The summed E-state index contributed by atoms with van der Waals surface area (Å²) >= 11 is 1.13. The minimum absolute atomic E-state index is 0.0409. The summed E-state index contributed by atoms with van der Waals surface area (Å²) in [5, 5.41) is 10.7. The number of aromatic amines is 1. The molecule has 0 spiro atoms. The van der Waals surface area contributed by atoms with Crippen molar-refractivity contribution in [3.8, 4) is 0 Å². The van der Waals surface area contributed by atoms with Crippen molar-refractivity contribution in [1.29, 1.82) is 0 Å². The molecule has 0 radical (unpaired) electrons. The third-order valence-electron chi connectivity index (χ3n) is 2.50. The number of amides is 1. The molecular formula is C11H14N4O3S2. The van der Waals surface area contributed by atoms with Crippen molar-refractivity contribution in [2.45, 2.75) is 17.6 Å². The van der Waals surface area contributed by atoms with Gasteiger partial charge in [-0.2, -0.15) is 5.10 Å². The number of carbonyl (C=O) groups excluding carboxylic acids is 1. The SMILES string of the molecule is Cc1cn[nH]c1NC(=O)CCNS(=O)(=O)c1cccs1. The van der Waals surface area contributed by atoms with Crippen LogP contribution in [0.25, 0.3) is 0 Å². The maximum atomic E-state index is 11.8. The number of aromatic nitrogens is 2. The Morgan fingerprint density at radius 1 is 1.50 bits per heavy atom. The van der Waals surface area contributed by atoms with E-state index in [0.717, 1.165) is 16.9 Å². The van der Waals surface area contributed by atoms with Gasteiger partial charge in [-0.05, 0) is 18.4 Å². The van der Waals surface area contributed by atoms with Crippen LogP contribution in [-0.4, -0.2) is 31.1 Å². The monoisotopic (exact) mass is 314 g/mol. The number of aryl methyl sites for hydroxylation is 1. The molecule has 2 aromatic heterocycles. The lowest BCUT2D eigenvalue weighted by molar-refractivity contribution is -0.116. The van der Waals surface area contributed by atoms with E-state index in [1.807, 2.05) is 0 Å². The van der Waals surface area contributed by atoms with Crippen LogP contribution in [0.1, 0.15) is 12.0 Å². The van der Waals surface area contributed by atoms with Gasteiger partial charge in [-0.3, -0.25) is 9.89 Å². The Balaban J connectivity index is 1.82. The molecule has 0 aromatic carbocycles. The van der Waals surface area contributed by atoms with Crippen LogP contribution in [0.4, 0.5) is 5.82 Å². The molecule has 3 N–H and O–H groups in total. The number of hydrogen-bond donors (Lipinski definition) is 3. The lowest BCUT2D eigenvalue weighted by atomic mass is 10.3. The number of hydrogen-bond acceptors (Lipinski definition) is 5. The molecular weight excluding hydrogens is 300 g/mol. The van der Waals surface area contributed by atoms with Crippen molar-refractivity contribution in [3.63, 3.8) is 0 Å². The van der Waals surface area contributed by atoms with Crippen molar-refractivity contribution in [3.05, 3.63) is 29.3 Å². The molecule has 0 saturated carbocycles. The zero-order valence-corrected chi connectivity index (χ0v) is 12.3. The third-order valence-corrected chi connectivity index (χ3v) is 5.36. The molecule has 108 valence electrons. The number of carbonyl (C=O) groups is 1. The van der Waals surface area contributed by atoms with Gasteiger partial charge in [0.25, 0.3) is 0 Å². The van der Waals surface area contributed by atoms with Gasteiger partial charge in [-0.25, -0.2) is 13.1 Å². The van der Waals surface area contributed by atoms with Gasteiger partial charge in [0.2, 0.25) is 15.9 Å². The van der Waals surface area contributed by atoms with E-state index in [0.29, 0.717) is 5.82 Å². The summed E-state index contributed by atoms with van der Waals surface area (Å²) in [5.74, 6) is 0.238.